The maximum atomic E-state index is 12.0. The molecule has 0 aromatic heterocycles. The zero-order valence-corrected chi connectivity index (χ0v) is 14.1. The van der Waals surface area contributed by atoms with Gasteiger partial charge in [0.25, 0.3) is 5.91 Å². The highest BCUT2D eigenvalue weighted by atomic mass is 16.5. The Bertz CT molecular complexity index is 739. The highest BCUT2D eigenvalue weighted by Gasteiger charge is 2.14. The van der Waals surface area contributed by atoms with Gasteiger partial charge in [0.1, 0.15) is 0 Å². The SMILES string of the molecule is COc1ccc(/C=N\NC(=O)c2ccc(C)cc2)c(OC)c1OC. The Labute approximate surface area is 141 Å². The van der Waals surface area contributed by atoms with Gasteiger partial charge >= 0.3 is 0 Å². The predicted octanol–water partition coefficient (Wildman–Crippen LogP) is 2.78. The molecule has 0 radical (unpaired) electrons. The molecule has 24 heavy (non-hydrogen) atoms. The summed E-state index contributed by atoms with van der Waals surface area (Å²) in [7, 11) is 4.60. The quantitative estimate of drug-likeness (QED) is 0.654. The summed E-state index contributed by atoms with van der Waals surface area (Å²) in [6.45, 7) is 1.96. The van der Waals surface area contributed by atoms with Gasteiger partial charge in [-0.25, -0.2) is 5.43 Å². The molecule has 1 amide bonds. The second-order valence-corrected chi connectivity index (χ2v) is 4.99. The zero-order chi connectivity index (χ0) is 17.5. The monoisotopic (exact) mass is 328 g/mol. The first-order valence-corrected chi connectivity index (χ1v) is 7.29. The van der Waals surface area contributed by atoms with Gasteiger partial charge in [-0.2, -0.15) is 5.10 Å². The van der Waals surface area contributed by atoms with Crippen molar-refractivity contribution in [3.63, 3.8) is 0 Å². The van der Waals surface area contributed by atoms with Crippen LogP contribution in [-0.2, 0) is 0 Å². The highest BCUT2D eigenvalue weighted by Crippen LogP contribution is 2.38. The lowest BCUT2D eigenvalue weighted by atomic mass is 10.1. The van der Waals surface area contributed by atoms with Crippen LogP contribution >= 0.6 is 0 Å². The maximum Gasteiger partial charge on any atom is 0.271 e. The van der Waals surface area contributed by atoms with Crippen molar-refractivity contribution in [3.8, 4) is 17.2 Å². The summed E-state index contributed by atoms with van der Waals surface area (Å²) in [6.07, 6.45) is 1.49. The van der Waals surface area contributed by atoms with Crippen LogP contribution in [0.1, 0.15) is 21.5 Å². The molecule has 0 spiro atoms. The molecule has 126 valence electrons. The molecule has 6 heteroatoms. The Hall–Kier alpha value is -3.02. The van der Waals surface area contributed by atoms with Gasteiger partial charge in [0, 0.05) is 11.1 Å². The molecular formula is C18H20N2O4. The van der Waals surface area contributed by atoms with Crippen molar-refractivity contribution in [3.05, 3.63) is 53.1 Å². The lowest BCUT2D eigenvalue weighted by Gasteiger charge is -2.13. The van der Waals surface area contributed by atoms with E-state index in [-0.39, 0.29) is 5.91 Å². The molecule has 1 N–H and O–H groups in total. The molecule has 0 atom stereocenters. The fourth-order valence-electron chi connectivity index (χ4n) is 2.16. The van der Waals surface area contributed by atoms with Crippen molar-refractivity contribution in [1.82, 2.24) is 5.43 Å². The van der Waals surface area contributed by atoms with Crippen LogP contribution in [0.5, 0.6) is 17.2 Å². The number of hydrazone groups is 1. The van der Waals surface area contributed by atoms with Crippen LogP contribution in [0.15, 0.2) is 41.5 Å². The van der Waals surface area contributed by atoms with Gasteiger partial charge in [-0.05, 0) is 31.2 Å². The number of carbonyl (C=O) groups is 1. The molecule has 0 fully saturated rings. The number of aryl methyl sites for hydroxylation is 1. The van der Waals surface area contributed by atoms with Crippen LogP contribution in [-0.4, -0.2) is 33.5 Å². The van der Waals surface area contributed by atoms with Gasteiger partial charge in [0.15, 0.2) is 11.5 Å². The van der Waals surface area contributed by atoms with E-state index in [2.05, 4.69) is 10.5 Å². The van der Waals surface area contributed by atoms with E-state index in [9.17, 15) is 4.79 Å². The van der Waals surface area contributed by atoms with Gasteiger partial charge in [-0.1, -0.05) is 17.7 Å². The Morgan fingerprint density at radius 1 is 0.958 bits per heavy atom. The van der Waals surface area contributed by atoms with E-state index in [1.807, 2.05) is 19.1 Å². The molecule has 2 rings (SSSR count). The number of amides is 1. The van der Waals surface area contributed by atoms with Crippen LogP contribution in [0, 0.1) is 6.92 Å². The summed E-state index contributed by atoms with van der Waals surface area (Å²) in [5.74, 6) is 1.21. The molecule has 0 aliphatic heterocycles. The topological polar surface area (TPSA) is 69.2 Å². The minimum Gasteiger partial charge on any atom is -0.493 e. The van der Waals surface area contributed by atoms with Crippen LogP contribution < -0.4 is 19.6 Å². The summed E-state index contributed by atoms with van der Waals surface area (Å²) in [5.41, 5.74) is 4.77. The van der Waals surface area contributed by atoms with E-state index in [1.165, 1.54) is 20.4 Å². The fourth-order valence-corrected chi connectivity index (χ4v) is 2.16. The smallest absolute Gasteiger partial charge is 0.271 e. The number of methoxy groups -OCH3 is 3. The van der Waals surface area contributed by atoms with Crippen molar-refractivity contribution in [2.75, 3.05) is 21.3 Å². The van der Waals surface area contributed by atoms with E-state index in [1.54, 1.807) is 31.4 Å². The average Bonchev–Trinajstić information content (AvgIpc) is 2.61. The Morgan fingerprint density at radius 3 is 2.21 bits per heavy atom. The molecule has 0 unspecified atom stereocenters. The standard InChI is InChI=1S/C18H20N2O4/c1-12-5-7-13(8-6-12)18(21)20-19-11-14-9-10-15(22-2)17(24-4)16(14)23-3/h5-11H,1-4H3,(H,20,21)/b19-11-. The lowest BCUT2D eigenvalue weighted by molar-refractivity contribution is 0.0955. The number of carbonyl (C=O) groups excluding carboxylic acids is 1. The summed E-state index contributed by atoms with van der Waals surface area (Å²) in [5, 5.41) is 3.98. The number of ether oxygens (including phenoxy) is 3. The van der Waals surface area contributed by atoms with Gasteiger partial charge in [0.05, 0.1) is 27.5 Å². The number of hydrogen-bond acceptors (Lipinski definition) is 5. The average molecular weight is 328 g/mol. The summed E-state index contributed by atoms with van der Waals surface area (Å²) in [6, 6.07) is 10.7. The number of rotatable bonds is 6. The van der Waals surface area contributed by atoms with Crippen molar-refractivity contribution in [1.29, 1.82) is 0 Å². The lowest BCUT2D eigenvalue weighted by Crippen LogP contribution is -2.17. The van der Waals surface area contributed by atoms with E-state index in [0.717, 1.165) is 5.56 Å². The molecule has 2 aromatic rings. The van der Waals surface area contributed by atoms with E-state index in [0.29, 0.717) is 28.4 Å². The highest BCUT2D eigenvalue weighted by molar-refractivity contribution is 5.95. The van der Waals surface area contributed by atoms with Gasteiger partial charge in [0.2, 0.25) is 5.75 Å². The predicted molar refractivity (Wildman–Crippen MR) is 92.3 cm³/mol. The molecular weight excluding hydrogens is 308 g/mol. The maximum absolute atomic E-state index is 12.0. The first-order valence-electron chi connectivity index (χ1n) is 7.29. The Morgan fingerprint density at radius 2 is 1.62 bits per heavy atom. The van der Waals surface area contributed by atoms with Gasteiger partial charge < -0.3 is 14.2 Å². The normalized spacial score (nSPS) is 10.5. The fraction of sp³-hybridized carbons (Fsp3) is 0.222. The molecule has 6 nitrogen and oxygen atoms in total. The van der Waals surface area contributed by atoms with Crippen LogP contribution in [0.3, 0.4) is 0 Å². The third-order valence-corrected chi connectivity index (χ3v) is 3.42. The third kappa shape index (κ3) is 3.84. The van der Waals surface area contributed by atoms with Crippen LogP contribution in [0.25, 0.3) is 0 Å². The molecule has 0 heterocycles. The van der Waals surface area contributed by atoms with E-state index >= 15 is 0 Å². The number of nitrogens with one attached hydrogen (secondary N) is 1. The van der Waals surface area contributed by atoms with Crippen molar-refractivity contribution in [2.24, 2.45) is 5.10 Å². The Kier molecular flexibility index (Phi) is 5.78. The second-order valence-electron chi connectivity index (χ2n) is 4.99. The van der Waals surface area contributed by atoms with Crippen molar-refractivity contribution < 1.29 is 19.0 Å². The minimum absolute atomic E-state index is 0.286. The third-order valence-electron chi connectivity index (χ3n) is 3.42. The van der Waals surface area contributed by atoms with Crippen LogP contribution in [0.2, 0.25) is 0 Å². The molecule has 0 aliphatic rings. The molecule has 0 saturated heterocycles. The number of benzene rings is 2. The first kappa shape index (κ1) is 17.3. The second kappa shape index (κ2) is 8.01. The summed E-state index contributed by atoms with van der Waals surface area (Å²) in [4.78, 5) is 12.0. The molecule has 0 aliphatic carbocycles. The van der Waals surface area contributed by atoms with E-state index in [4.69, 9.17) is 14.2 Å². The zero-order valence-electron chi connectivity index (χ0n) is 14.1. The number of nitrogens with zero attached hydrogens (tertiary/aromatic N) is 1. The van der Waals surface area contributed by atoms with E-state index < -0.39 is 0 Å². The molecule has 0 saturated carbocycles. The molecule has 2 aromatic carbocycles. The largest absolute Gasteiger partial charge is 0.493 e. The summed E-state index contributed by atoms with van der Waals surface area (Å²) < 4.78 is 15.9. The van der Waals surface area contributed by atoms with Crippen LogP contribution in [0.4, 0.5) is 0 Å². The Balaban J connectivity index is 2.17. The van der Waals surface area contributed by atoms with Crippen molar-refractivity contribution >= 4 is 12.1 Å². The van der Waals surface area contributed by atoms with Gasteiger partial charge in [-0.3, -0.25) is 4.79 Å². The molecule has 0 bridgehead atoms. The van der Waals surface area contributed by atoms with Gasteiger partial charge in [-0.15, -0.1) is 0 Å². The van der Waals surface area contributed by atoms with Crippen molar-refractivity contribution in [2.45, 2.75) is 6.92 Å². The first-order chi connectivity index (χ1) is 11.6. The summed E-state index contributed by atoms with van der Waals surface area (Å²) >= 11 is 0. The minimum atomic E-state index is -0.286. The number of hydrogen-bond donors (Lipinski definition) is 1.